The number of unbranched alkanes of at least 4 members (excludes halogenated alkanes) is 3. The Kier molecular flexibility index (Phi) is 13.6. The second-order valence-electron chi connectivity index (χ2n) is 6.37. The van der Waals surface area contributed by atoms with Gasteiger partial charge in [0.2, 0.25) is 0 Å². The number of rotatable bonds is 15. The molecule has 0 aliphatic rings. The molecule has 0 fully saturated rings. The van der Waals surface area contributed by atoms with Crippen LogP contribution in [0.15, 0.2) is 24.3 Å². The van der Waals surface area contributed by atoms with Crippen molar-refractivity contribution in [3.05, 3.63) is 24.3 Å². The molecule has 0 heterocycles. The van der Waals surface area contributed by atoms with Gasteiger partial charge >= 0.3 is 5.97 Å². The highest BCUT2D eigenvalue weighted by Gasteiger charge is 2.22. The van der Waals surface area contributed by atoms with Crippen LogP contribution in [0.1, 0.15) is 65.2 Å². The Bertz CT molecular complexity index is 453. The van der Waals surface area contributed by atoms with Gasteiger partial charge in [0, 0.05) is 18.3 Å². The fourth-order valence-corrected chi connectivity index (χ4v) is 2.56. The number of aldehydes is 1. The van der Waals surface area contributed by atoms with Gasteiger partial charge < -0.3 is 15.0 Å². The number of carbonyl (C=O) groups is 3. The van der Waals surface area contributed by atoms with Gasteiger partial charge in [-0.1, -0.05) is 44.1 Å². The Morgan fingerprint density at radius 3 is 2.36 bits per heavy atom. The van der Waals surface area contributed by atoms with Crippen molar-refractivity contribution in [2.75, 3.05) is 0 Å². The molecule has 142 valence electrons. The van der Waals surface area contributed by atoms with E-state index in [0.717, 1.165) is 25.5 Å². The van der Waals surface area contributed by atoms with E-state index in [0.29, 0.717) is 19.3 Å². The van der Waals surface area contributed by atoms with E-state index in [1.165, 1.54) is 19.4 Å². The van der Waals surface area contributed by atoms with Crippen LogP contribution in [0, 0.1) is 11.8 Å². The maximum Gasteiger partial charge on any atom is 0.303 e. The number of hydrogen-bond donors (Lipinski definition) is 2. The van der Waals surface area contributed by atoms with Gasteiger partial charge in [-0.05, 0) is 39.0 Å². The SMILES string of the molecule is CCCCC/C=C\C[C@@H](C(C)=O)[C@@H](C=O)/C=C/[C@@H](O)CCCC(=O)O. The molecule has 25 heavy (non-hydrogen) atoms. The summed E-state index contributed by atoms with van der Waals surface area (Å²) in [6, 6.07) is 0. The molecule has 0 bridgehead atoms. The summed E-state index contributed by atoms with van der Waals surface area (Å²) in [5.74, 6) is -1.96. The smallest absolute Gasteiger partial charge is 0.303 e. The molecule has 0 aromatic carbocycles. The van der Waals surface area contributed by atoms with Crippen molar-refractivity contribution in [2.45, 2.75) is 71.3 Å². The molecular weight excluding hydrogens is 320 g/mol. The summed E-state index contributed by atoms with van der Waals surface area (Å²) < 4.78 is 0. The summed E-state index contributed by atoms with van der Waals surface area (Å²) in [4.78, 5) is 33.7. The predicted molar refractivity (Wildman–Crippen MR) is 98.3 cm³/mol. The van der Waals surface area contributed by atoms with Gasteiger partial charge in [-0.3, -0.25) is 9.59 Å². The minimum atomic E-state index is -0.899. The molecule has 5 heteroatoms. The zero-order valence-corrected chi connectivity index (χ0v) is 15.4. The Morgan fingerprint density at radius 1 is 1.08 bits per heavy atom. The molecule has 0 radical (unpaired) electrons. The first kappa shape index (κ1) is 23.2. The summed E-state index contributed by atoms with van der Waals surface area (Å²) in [5.41, 5.74) is 0. The maximum atomic E-state index is 11.8. The number of allylic oxidation sites excluding steroid dienone is 3. The number of carbonyl (C=O) groups excluding carboxylic acids is 2. The Labute approximate surface area is 150 Å². The molecule has 0 spiro atoms. The van der Waals surface area contributed by atoms with Crippen LogP contribution in [-0.2, 0) is 14.4 Å². The highest BCUT2D eigenvalue weighted by molar-refractivity contribution is 5.82. The van der Waals surface area contributed by atoms with Gasteiger partial charge in [0.25, 0.3) is 0 Å². The third-order valence-corrected chi connectivity index (χ3v) is 4.12. The van der Waals surface area contributed by atoms with Crippen molar-refractivity contribution in [2.24, 2.45) is 11.8 Å². The number of aliphatic hydroxyl groups is 1. The fourth-order valence-electron chi connectivity index (χ4n) is 2.56. The van der Waals surface area contributed by atoms with Crippen LogP contribution in [0.5, 0.6) is 0 Å². The lowest BCUT2D eigenvalue weighted by molar-refractivity contribution is -0.137. The summed E-state index contributed by atoms with van der Waals surface area (Å²) in [6.45, 7) is 3.62. The number of ketones is 1. The lowest BCUT2D eigenvalue weighted by Crippen LogP contribution is -2.21. The van der Waals surface area contributed by atoms with Crippen LogP contribution < -0.4 is 0 Å². The first-order valence-corrected chi connectivity index (χ1v) is 9.11. The molecule has 0 unspecified atom stereocenters. The van der Waals surface area contributed by atoms with Crippen LogP contribution in [0.4, 0.5) is 0 Å². The average Bonchev–Trinajstić information content (AvgIpc) is 2.55. The minimum absolute atomic E-state index is 0.000899. The van der Waals surface area contributed by atoms with Gasteiger partial charge in [-0.2, -0.15) is 0 Å². The molecule has 0 saturated heterocycles. The van der Waals surface area contributed by atoms with Crippen LogP contribution >= 0.6 is 0 Å². The van der Waals surface area contributed by atoms with Gasteiger partial charge in [0.15, 0.2) is 0 Å². The molecular formula is C20H32O5. The number of carboxylic acid groups (broad SMARTS) is 1. The van der Waals surface area contributed by atoms with E-state index in [4.69, 9.17) is 5.11 Å². The van der Waals surface area contributed by atoms with Crippen LogP contribution in [0.3, 0.4) is 0 Å². The second-order valence-corrected chi connectivity index (χ2v) is 6.37. The quantitative estimate of drug-likeness (QED) is 0.266. The van der Waals surface area contributed by atoms with E-state index >= 15 is 0 Å². The zero-order valence-electron chi connectivity index (χ0n) is 15.4. The number of aliphatic hydroxyl groups excluding tert-OH is 1. The van der Waals surface area contributed by atoms with E-state index in [1.807, 2.05) is 6.08 Å². The van der Waals surface area contributed by atoms with E-state index < -0.39 is 23.9 Å². The Morgan fingerprint density at radius 2 is 1.80 bits per heavy atom. The second kappa shape index (κ2) is 14.6. The molecule has 0 rings (SSSR count). The third-order valence-electron chi connectivity index (χ3n) is 4.12. The number of hydrogen-bond acceptors (Lipinski definition) is 4. The maximum absolute atomic E-state index is 11.8. The van der Waals surface area contributed by atoms with E-state index in [-0.39, 0.29) is 12.2 Å². The molecule has 0 amide bonds. The van der Waals surface area contributed by atoms with Gasteiger partial charge in [-0.25, -0.2) is 0 Å². The monoisotopic (exact) mass is 352 g/mol. The standard InChI is InChI=1S/C20H32O5/c1-3-4-5-6-7-8-11-19(16(2)22)17(15-21)13-14-18(23)10-9-12-20(24)25/h7-8,13-15,17-19,23H,3-6,9-12H2,1-2H3,(H,24,25)/b8-7-,14-13+/t17-,18+,19+/m1/s1. The highest BCUT2D eigenvalue weighted by atomic mass is 16.4. The van der Waals surface area contributed by atoms with Crippen molar-refractivity contribution in [3.63, 3.8) is 0 Å². The third kappa shape index (κ3) is 12.3. The van der Waals surface area contributed by atoms with Gasteiger partial charge in [0.1, 0.15) is 12.1 Å². The summed E-state index contributed by atoms with van der Waals surface area (Å²) in [7, 11) is 0. The lowest BCUT2D eigenvalue weighted by atomic mass is 9.86. The molecule has 0 saturated carbocycles. The largest absolute Gasteiger partial charge is 0.481 e. The first-order valence-electron chi connectivity index (χ1n) is 9.11. The van der Waals surface area contributed by atoms with Crippen molar-refractivity contribution in [1.29, 1.82) is 0 Å². The van der Waals surface area contributed by atoms with Crippen molar-refractivity contribution >= 4 is 18.0 Å². The van der Waals surface area contributed by atoms with Crippen molar-refractivity contribution in [3.8, 4) is 0 Å². The first-order chi connectivity index (χ1) is 11.9. The van der Waals surface area contributed by atoms with E-state index in [9.17, 15) is 19.5 Å². The highest BCUT2D eigenvalue weighted by Crippen LogP contribution is 2.19. The minimum Gasteiger partial charge on any atom is -0.481 e. The normalized spacial score (nSPS) is 15.3. The molecule has 0 aromatic heterocycles. The van der Waals surface area contributed by atoms with Crippen molar-refractivity contribution < 1.29 is 24.6 Å². The van der Waals surface area contributed by atoms with Gasteiger partial charge in [-0.15, -0.1) is 0 Å². The average molecular weight is 352 g/mol. The fraction of sp³-hybridized carbons (Fsp3) is 0.650. The van der Waals surface area contributed by atoms with Gasteiger partial charge in [0.05, 0.1) is 6.10 Å². The molecule has 0 aromatic rings. The Hall–Kier alpha value is -1.75. The van der Waals surface area contributed by atoms with Crippen LogP contribution in [0.25, 0.3) is 0 Å². The molecule has 2 N–H and O–H groups in total. The number of aliphatic carboxylic acids is 1. The number of carboxylic acids is 1. The Balaban J connectivity index is 4.54. The summed E-state index contributed by atoms with van der Waals surface area (Å²) in [6.07, 6.45) is 12.6. The lowest BCUT2D eigenvalue weighted by Gasteiger charge is -2.16. The van der Waals surface area contributed by atoms with Crippen LogP contribution in [0.2, 0.25) is 0 Å². The zero-order chi connectivity index (χ0) is 19.1. The molecule has 0 aliphatic heterocycles. The van der Waals surface area contributed by atoms with Crippen molar-refractivity contribution in [1.82, 2.24) is 0 Å². The molecule has 0 aliphatic carbocycles. The van der Waals surface area contributed by atoms with Crippen LogP contribution in [-0.4, -0.2) is 34.4 Å². The predicted octanol–water partition coefficient (Wildman–Crippen LogP) is 3.71. The molecule has 3 atom stereocenters. The summed E-state index contributed by atoms with van der Waals surface area (Å²) >= 11 is 0. The molecule has 5 nitrogen and oxygen atoms in total. The number of Topliss-reactive ketones (excluding diaryl/α,β-unsaturated/α-hetero) is 1. The summed E-state index contributed by atoms with van der Waals surface area (Å²) in [5, 5.41) is 18.4. The topological polar surface area (TPSA) is 91.7 Å². The van der Waals surface area contributed by atoms with E-state index in [1.54, 1.807) is 6.08 Å². The van der Waals surface area contributed by atoms with E-state index in [2.05, 4.69) is 13.0 Å².